The number of anilines is 1. The Morgan fingerprint density at radius 3 is 2.59 bits per heavy atom. The molecule has 6 nitrogen and oxygen atoms in total. The average molecular weight is 368 g/mol. The van der Waals surface area contributed by atoms with Gasteiger partial charge in [-0.05, 0) is 36.4 Å². The number of oxazole rings is 1. The number of ether oxygens (including phenoxy) is 1. The van der Waals surface area contributed by atoms with Gasteiger partial charge in [0.05, 0.1) is 18.2 Å². The van der Waals surface area contributed by atoms with Gasteiger partial charge in [-0.2, -0.15) is 0 Å². The second-order valence-electron chi connectivity index (χ2n) is 5.78. The van der Waals surface area contributed by atoms with Crippen molar-refractivity contribution in [3.8, 4) is 17.1 Å². The van der Waals surface area contributed by atoms with Crippen molar-refractivity contribution in [2.24, 2.45) is 0 Å². The summed E-state index contributed by atoms with van der Waals surface area (Å²) in [6.45, 7) is 1.41. The molecule has 0 bridgehead atoms. The quantitative estimate of drug-likeness (QED) is 0.526. The molecule has 0 spiro atoms. The van der Waals surface area contributed by atoms with E-state index in [0.717, 1.165) is 0 Å². The van der Waals surface area contributed by atoms with Gasteiger partial charge < -0.3 is 14.5 Å². The third kappa shape index (κ3) is 5.01. The zero-order valence-electron chi connectivity index (χ0n) is 14.6. The number of aromatic nitrogens is 1. The number of carbonyl (C=O) groups is 2. The molecule has 1 aromatic heterocycles. The van der Waals surface area contributed by atoms with Crippen LogP contribution in [-0.4, -0.2) is 16.9 Å². The number of hydrogen-bond donors (Lipinski definition) is 1. The molecule has 0 aliphatic heterocycles. The SMILES string of the molecule is CC(=O)Nc1ccc(OC(=O)CCc2ncc(-c3ccccc3F)o2)cc1. The number of rotatable bonds is 6. The van der Waals surface area contributed by atoms with E-state index < -0.39 is 11.8 Å². The Bertz CT molecular complexity index is 951. The molecule has 0 unspecified atom stereocenters. The van der Waals surface area contributed by atoms with Crippen LogP contribution < -0.4 is 10.1 Å². The number of carbonyl (C=O) groups excluding carboxylic acids is 2. The van der Waals surface area contributed by atoms with Crippen LogP contribution in [0.5, 0.6) is 5.75 Å². The number of nitrogens with one attached hydrogen (secondary N) is 1. The van der Waals surface area contributed by atoms with Crippen molar-refractivity contribution in [1.29, 1.82) is 0 Å². The third-order valence-electron chi connectivity index (χ3n) is 3.64. The van der Waals surface area contributed by atoms with Crippen LogP contribution in [-0.2, 0) is 16.0 Å². The Kier molecular flexibility index (Phi) is 5.61. The molecule has 3 aromatic rings. The minimum atomic E-state index is -0.451. The summed E-state index contributed by atoms with van der Waals surface area (Å²) in [6.07, 6.45) is 1.72. The normalized spacial score (nSPS) is 10.4. The van der Waals surface area contributed by atoms with Crippen LogP contribution in [0.25, 0.3) is 11.3 Å². The summed E-state index contributed by atoms with van der Waals surface area (Å²) in [5.74, 6) is -0.0273. The van der Waals surface area contributed by atoms with Gasteiger partial charge >= 0.3 is 5.97 Å². The van der Waals surface area contributed by atoms with Crippen molar-refractivity contribution in [3.05, 3.63) is 66.4 Å². The summed E-state index contributed by atoms with van der Waals surface area (Å²) in [5.41, 5.74) is 0.931. The smallest absolute Gasteiger partial charge is 0.311 e. The second kappa shape index (κ2) is 8.27. The number of nitrogens with zero attached hydrogens (tertiary/aromatic N) is 1. The zero-order chi connectivity index (χ0) is 19.2. The number of benzene rings is 2. The van der Waals surface area contributed by atoms with E-state index in [2.05, 4.69) is 10.3 Å². The van der Waals surface area contributed by atoms with Gasteiger partial charge in [0.15, 0.2) is 11.7 Å². The van der Waals surface area contributed by atoms with E-state index in [1.807, 2.05) is 0 Å². The molecule has 0 radical (unpaired) electrons. The molecular formula is C20H17FN2O4. The van der Waals surface area contributed by atoms with Crippen LogP contribution in [0.1, 0.15) is 19.2 Å². The molecule has 0 fully saturated rings. The fourth-order valence-electron chi connectivity index (χ4n) is 2.41. The molecule has 0 saturated heterocycles. The standard InChI is InChI=1S/C20H17FN2O4/c1-13(24)23-14-6-8-15(9-7-14)26-20(25)11-10-19-22-12-18(27-19)16-4-2-3-5-17(16)21/h2-9,12H,10-11H2,1H3,(H,23,24). The molecular weight excluding hydrogens is 351 g/mol. The van der Waals surface area contributed by atoms with Crippen molar-refractivity contribution in [2.75, 3.05) is 5.32 Å². The number of hydrogen-bond acceptors (Lipinski definition) is 5. The van der Waals surface area contributed by atoms with E-state index in [4.69, 9.17) is 9.15 Å². The van der Waals surface area contributed by atoms with E-state index in [1.54, 1.807) is 42.5 Å². The number of aryl methyl sites for hydroxylation is 1. The van der Waals surface area contributed by atoms with Crippen molar-refractivity contribution in [2.45, 2.75) is 19.8 Å². The Hall–Kier alpha value is -3.48. The lowest BCUT2D eigenvalue weighted by Crippen LogP contribution is -2.09. The fourth-order valence-corrected chi connectivity index (χ4v) is 2.41. The lowest BCUT2D eigenvalue weighted by Gasteiger charge is -2.05. The number of amides is 1. The average Bonchev–Trinajstić information content (AvgIpc) is 3.10. The van der Waals surface area contributed by atoms with Crippen molar-refractivity contribution in [3.63, 3.8) is 0 Å². The molecule has 7 heteroatoms. The summed E-state index contributed by atoms with van der Waals surface area (Å²) in [5, 5.41) is 2.62. The Labute approximate surface area is 155 Å². The molecule has 27 heavy (non-hydrogen) atoms. The number of esters is 1. The van der Waals surface area contributed by atoms with Crippen molar-refractivity contribution >= 4 is 17.6 Å². The molecule has 0 aliphatic rings. The van der Waals surface area contributed by atoms with Crippen LogP contribution in [0.4, 0.5) is 10.1 Å². The lowest BCUT2D eigenvalue weighted by atomic mass is 10.2. The first kappa shape index (κ1) is 18.3. The molecule has 2 aromatic carbocycles. The summed E-state index contributed by atoms with van der Waals surface area (Å²) in [6, 6.07) is 12.7. The van der Waals surface area contributed by atoms with E-state index in [0.29, 0.717) is 28.7 Å². The first-order valence-corrected chi connectivity index (χ1v) is 8.29. The Morgan fingerprint density at radius 1 is 1.15 bits per heavy atom. The third-order valence-corrected chi connectivity index (χ3v) is 3.64. The van der Waals surface area contributed by atoms with Gasteiger partial charge in [0.25, 0.3) is 0 Å². The summed E-state index contributed by atoms with van der Waals surface area (Å²) in [4.78, 5) is 27.0. The zero-order valence-corrected chi connectivity index (χ0v) is 14.6. The molecule has 0 aliphatic carbocycles. The van der Waals surface area contributed by atoms with Crippen LogP contribution in [0, 0.1) is 5.82 Å². The maximum atomic E-state index is 13.8. The van der Waals surface area contributed by atoms with Crippen LogP contribution in [0.2, 0.25) is 0 Å². The predicted molar refractivity (Wildman–Crippen MR) is 96.6 cm³/mol. The second-order valence-corrected chi connectivity index (χ2v) is 5.78. The predicted octanol–water partition coefficient (Wildman–Crippen LogP) is 3.98. The molecule has 0 atom stereocenters. The van der Waals surface area contributed by atoms with Gasteiger partial charge in [0.1, 0.15) is 11.6 Å². The monoisotopic (exact) mass is 368 g/mol. The summed E-state index contributed by atoms with van der Waals surface area (Å²) >= 11 is 0. The maximum Gasteiger partial charge on any atom is 0.311 e. The topological polar surface area (TPSA) is 81.4 Å². The molecule has 1 heterocycles. The minimum absolute atomic E-state index is 0.0602. The first-order chi connectivity index (χ1) is 13.0. The highest BCUT2D eigenvalue weighted by atomic mass is 19.1. The van der Waals surface area contributed by atoms with E-state index in [9.17, 15) is 14.0 Å². The fraction of sp³-hybridized carbons (Fsp3) is 0.150. The highest BCUT2D eigenvalue weighted by molar-refractivity contribution is 5.88. The summed E-state index contributed by atoms with van der Waals surface area (Å²) < 4.78 is 24.5. The lowest BCUT2D eigenvalue weighted by molar-refractivity contribution is -0.134. The van der Waals surface area contributed by atoms with E-state index in [-0.39, 0.29) is 18.7 Å². The van der Waals surface area contributed by atoms with Gasteiger partial charge in [-0.25, -0.2) is 9.37 Å². The molecule has 138 valence electrons. The van der Waals surface area contributed by atoms with Crippen LogP contribution in [0.15, 0.2) is 59.1 Å². The highest BCUT2D eigenvalue weighted by Gasteiger charge is 2.12. The van der Waals surface area contributed by atoms with Crippen molar-refractivity contribution in [1.82, 2.24) is 4.98 Å². The maximum absolute atomic E-state index is 13.8. The van der Waals surface area contributed by atoms with E-state index >= 15 is 0 Å². The Balaban J connectivity index is 1.54. The molecule has 0 saturated carbocycles. The first-order valence-electron chi connectivity index (χ1n) is 8.29. The van der Waals surface area contributed by atoms with Gasteiger partial charge in [0.2, 0.25) is 5.91 Å². The van der Waals surface area contributed by atoms with Gasteiger partial charge in [-0.3, -0.25) is 9.59 Å². The minimum Gasteiger partial charge on any atom is -0.441 e. The molecule has 3 rings (SSSR count). The highest BCUT2D eigenvalue weighted by Crippen LogP contribution is 2.23. The summed E-state index contributed by atoms with van der Waals surface area (Å²) in [7, 11) is 0. The largest absolute Gasteiger partial charge is 0.441 e. The van der Waals surface area contributed by atoms with Crippen molar-refractivity contribution < 1.29 is 23.1 Å². The molecule has 1 amide bonds. The van der Waals surface area contributed by atoms with Gasteiger partial charge in [0, 0.05) is 19.0 Å². The van der Waals surface area contributed by atoms with Crippen LogP contribution >= 0.6 is 0 Å². The van der Waals surface area contributed by atoms with Gasteiger partial charge in [-0.15, -0.1) is 0 Å². The van der Waals surface area contributed by atoms with E-state index in [1.165, 1.54) is 19.2 Å². The molecule has 1 N–H and O–H groups in total. The van der Waals surface area contributed by atoms with Gasteiger partial charge in [-0.1, -0.05) is 12.1 Å². The van der Waals surface area contributed by atoms with Crippen LogP contribution in [0.3, 0.4) is 0 Å². The number of halogens is 1. The Morgan fingerprint density at radius 2 is 1.89 bits per heavy atom.